The van der Waals surface area contributed by atoms with Crippen LogP contribution in [0.25, 0.3) is 0 Å². The quantitative estimate of drug-likeness (QED) is 0.732. The summed E-state index contributed by atoms with van der Waals surface area (Å²) in [5, 5.41) is 8.58. The number of benzene rings is 1. The van der Waals surface area contributed by atoms with Crippen molar-refractivity contribution in [1.29, 1.82) is 5.26 Å². The molecule has 0 fully saturated rings. The van der Waals surface area contributed by atoms with Gasteiger partial charge in [0.15, 0.2) is 0 Å². The largest absolute Gasteiger partial charge is 0.371 e. The van der Waals surface area contributed by atoms with Gasteiger partial charge in [-0.05, 0) is 25.1 Å². The third kappa shape index (κ3) is 2.80. The van der Waals surface area contributed by atoms with E-state index in [0.29, 0.717) is 24.0 Å². The maximum atomic E-state index is 13.2. The molecule has 0 aromatic heterocycles. The van der Waals surface area contributed by atoms with Gasteiger partial charge in [0.2, 0.25) is 0 Å². The zero-order chi connectivity index (χ0) is 12.1. The molecule has 3 nitrogen and oxygen atoms in total. The number of carbonyl (C=O) groups is 1. The fourth-order valence-corrected chi connectivity index (χ4v) is 1.39. The number of hydrogen-bond acceptors (Lipinski definition) is 3. The van der Waals surface area contributed by atoms with E-state index in [1.165, 1.54) is 12.1 Å². The summed E-state index contributed by atoms with van der Waals surface area (Å²) < 4.78 is 13.2. The van der Waals surface area contributed by atoms with Crippen molar-refractivity contribution in [1.82, 2.24) is 0 Å². The Kier molecular flexibility index (Phi) is 4.01. The van der Waals surface area contributed by atoms with Crippen LogP contribution in [0, 0.1) is 17.1 Å². The first-order valence-corrected chi connectivity index (χ1v) is 4.94. The van der Waals surface area contributed by atoms with Crippen LogP contribution in [0.2, 0.25) is 0 Å². The SMILES string of the molecule is CC(CC#N)N(C)c1cc(F)cc(C=O)c1. The molecule has 1 rings (SSSR count). The van der Waals surface area contributed by atoms with E-state index >= 15 is 0 Å². The normalized spacial score (nSPS) is 11.6. The minimum absolute atomic E-state index is 0.0219. The summed E-state index contributed by atoms with van der Waals surface area (Å²) in [4.78, 5) is 12.4. The van der Waals surface area contributed by atoms with E-state index in [-0.39, 0.29) is 6.04 Å². The number of hydrogen-bond donors (Lipinski definition) is 0. The Morgan fingerprint density at radius 2 is 2.25 bits per heavy atom. The second-order valence-corrected chi connectivity index (χ2v) is 3.68. The molecule has 16 heavy (non-hydrogen) atoms. The number of aldehydes is 1. The van der Waals surface area contributed by atoms with Gasteiger partial charge in [-0.25, -0.2) is 4.39 Å². The van der Waals surface area contributed by atoms with E-state index in [2.05, 4.69) is 6.07 Å². The molecule has 0 aliphatic heterocycles. The van der Waals surface area contributed by atoms with E-state index in [0.717, 1.165) is 0 Å². The second-order valence-electron chi connectivity index (χ2n) is 3.68. The second kappa shape index (κ2) is 5.26. The van der Waals surface area contributed by atoms with Gasteiger partial charge in [-0.3, -0.25) is 4.79 Å². The van der Waals surface area contributed by atoms with Crippen LogP contribution in [0.5, 0.6) is 0 Å². The van der Waals surface area contributed by atoms with Gasteiger partial charge in [0.05, 0.1) is 12.5 Å². The Morgan fingerprint density at radius 3 is 2.81 bits per heavy atom. The van der Waals surface area contributed by atoms with Crippen molar-refractivity contribution in [3.05, 3.63) is 29.6 Å². The Bertz CT molecular complexity index is 426. The average molecular weight is 220 g/mol. The summed E-state index contributed by atoms with van der Waals surface area (Å²) in [5.41, 5.74) is 0.899. The molecule has 0 radical (unpaired) electrons. The van der Waals surface area contributed by atoms with Crippen molar-refractivity contribution < 1.29 is 9.18 Å². The molecule has 0 heterocycles. The minimum atomic E-state index is -0.449. The Balaban J connectivity index is 2.99. The zero-order valence-corrected chi connectivity index (χ0v) is 9.27. The van der Waals surface area contributed by atoms with E-state index in [1.54, 1.807) is 18.0 Å². The van der Waals surface area contributed by atoms with Crippen LogP contribution in [0.1, 0.15) is 23.7 Å². The summed E-state index contributed by atoms with van der Waals surface area (Å²) in [7, 11) is 1.77. The van der Waals surface area contributed by atoms with E-state index in [1.807, 2.05) is 6.92 Å². The van der Waals surface area contributed by atoms with Crippen molar-refractivity contribution >= 4 is 12.0 Å². The Labute approximate surface area is 94.1 Å². The summed E-state index contributed by atoms with van der Waals surface area (Å²) in [5.74, 6) is -0.449. The van der Waals surface area contributed by atoms with Gasteiger partial charge in [0.25, 0.3) is 0 Å². The average Bonchev–Trinajstić information content (AvgIpc) is 2.27. The molecular weight excluding hydrogens is 207 g/mol. The van der Waals surface area contributed by atoms with Gasteiger partial charge < -0.3 is 4.90 Å². The lowest BCUT2D eigenvalue weighted by Gasteiger charge is -2.25. The highest BCUT2D eigenvalue weighted by Gasteiger charge is 2.11. The summed E-state index contributed by atoms with van der Waals surface area (Å²) >= 11 is 0. The van der Waals surface area contributed by atoms with Gasteiger partial charge in [0, 0.05) is 24.3 Å². The fourth-order valence-electron chi connectivity index (χ4n) is 1.39. The number of halogens is 1. The third-order valence-corrected chi connectivity index (χ3v) is 2.50. The van der Waals surface area contributed by atoms with Crippen molar-refractivity contribution in [3.8, 4) is 6.07 Å². The zero-order valence-electron chi connectivity index (χ0n) is 9.27. The lowest BCUT2D eigenvalue weighted by Crippen LogP contribution is -2.28. The van der Waals surface area contributed by atoms with E-state index < -0.39 is 5.82 Å². The fraction of sp³-hybridized carbons (Fsp3) is 0.333. The van der Waals surface area contributed by atoms with Gasteiger partial charge in [-0.15, -0.1) is 0 Å². The number of anilines is 1. The Hall–Kier alpha value is -1.89. The van der Waals surface area contributed by atoms with Gasteiger partial charge in [-0.2, -0.15) is 5.26 Å². The lowest BCUT2D eigenvalue weighted by molar-refractivity contribution is 0.112. The van der Waals surface area contributed by atoms with Crippen LogP contribution in [-0.4, -0.2) is 19.4 Å². The molecule has 1 atom stereocenters. The molecule has 4 heteroatoms. The van der Waals surface area contributed by atoms with Gasteiger partial charge in [-0.1, -0.05) is 0 Å². The lowest BCUT2D eigenvalue weighted by atomic mass is 10.1. The first-order chi connectivity index (χ1) is 7.58. The molecule has 0 aliphatic carbocycles. The van der Waals surface area contributed by atoms with Crippen LogP contribution in [-0.2, 0) is 0 Å². The van der Waals surface area contributed by atoms with E-state index in [9.17, 15) is 9.18 Å². The maximum Gasteiger partial charge on any atom is 0.150 e. The molecule has 0 bridgehead atoms. The highest BCUT2D eigenvalue weighted by atomic mass is 19.1. The molecule has 1 unspecified atom stereocenters. The minimum Gasteiger partial charge on any atom is -0.371 e. The maximum absolute atomic E-state index is 13.2. The predicted molar refractivity (Wildman–Crippen MR) is 59.9 cm³/mol. The topological polar surface area (TPSA) is 44.1 Å². The van der Waals surface area contributed by atoms with Crippen molar-refractivity contribution in [2.75, 3.05) is 11.9 Å². The van der Waals surface area contributed by atoms with Crippen molar-refractivity contribution in [2.24, 2.45) is 0 Å². The van der Waals surface area contributed by atoms with Crippen molar-refractivity contribution in [2.45, 2.75) is 19.4 Å². The van der Waals surface area contributed by atoms with Crippen LogP contribution >= 0.6 is 0 Å². The molecule has 0 saturated heterocycles. The number of nitrogens with zero attached hydrogens (tertiary/aromatic N) is 2. The first-order valence-electron chi connectivity index (χ1n) is 4.94. The molecule has 0 N–H and O–H groups in total. The number of nitriles is 1. The van der Waals surface area contributed by atoms with E-state index in [4.69, 9.17) is 5.26 Å². The molecule has 0 amide bonds. The molecule has 1 aromatic carbocycles. The summed E-state index contributed by atoms with van der Waals surface area (Å²) in [6.07, 6.45) is 0.957. The van der Waals surface area contributed by atoms with Gasteiger partial charge >= 0.3 is 0 Å². The summed E-state index contributed by atoms with van der Waals surface area (Å²) in [6, 6.07) is 6.16. The van der Waals surface area contributed by atoms with Crippen LogP contribution in [0.3, 0.4) is 0 Å². The molecule has 84 valence electrons. The van der Waals surface area contributed by atoms with Crippen LogP contribution < -0.4 is 4.90 Å². The smallest absolute Gasteiger partial charge is 0.150 e. The standard InChI is InChI=1S/C12H13FN2O/c1-9(3-4-14)15(2)12-6-10(8-16)5-11(13)7-12/h5-9H,3H2,1-2H3. The first kappa shape index (κ1) is 12.2. The Morgan fingerprint density at radius 1 is 1.56 bits per heavy atom. The number of rotatable bonds is 4. The number of carbonyl (C=O) groups excluding carboxylic acids is 1. The summed E-state index contributed by atoms with van der Waals surface area (Å²) in [6.45, 7) is 1.87. The molecule has 0 spiro atoms. The van der Waals surface area contributed by atoms with Crippen LogP contribution in [0.4, 0.5) is 10.1 Å². The third-order valence-electron chi connectivity index (χ3n) is 2.50. The molecule has 0 aliphatic rings. The monoisotopic (exact) mass is 220 g/mol. The van der Waals surface area contributed by atoms with Crippen LogP contribution in [0.15, 0.2) is 18.2 Å². The van der Waals surface area contributed by atoms with Gasteiger partial charge in [0.1, 0.15) is 12.1 Å². The van der Waals surface area contributed by atoms with Crippen molar-refractivity contribution in [3.63, 3.8) is 0 Å². The highest BCUT2D eigenvalue weighted by Crippen LogP contribution is 2.19. The molecule has 1 aromatic rings. The highest BCUT2D eigenvalue weighted by molar-refractivity contribution is 5.77. The molecule has 0 saturated carbocycles. The molecular formula is C12H13FN2O. The predicted octanol–water partition coefficient (Wildman–Crippen LogP) is 2.38.